The minimum atomic E-state index is -0.570. The molecule has 0 bridgehead atoms. The maximum absolute atomic E-state index is 13.0. The van der Waals surface area contributed by atoms with Crippen LogP contribution in [0.25, 0.3) is 11.1 Å². The summed E-state index contributed by atoms with van der Waals surface area (Å²) in [6.07, 6.45) is 2.07. The van der Waals surface area contributed by atoms with Crippen LogP contribution in [0.3, 0.4) is 0 Å². The number of hydrogen-bond donors (Lipinski definition) is 0. The van der Waals surface area contributed by atoms with Crippen LogP contribution >= 0.6 is 0 Å². The number of likely N-dealkylation sites (tertiary alicyclic amines) is 1. The van der Waals surface area contributed by atoms with E-state index in [2.05, 4.69) is 4.98 Å². The average molecular weight is 367 g/mol. The summed E-state index contributed by atoms with van der Waals surface area (Å²) in [5.74, 6) is 0.491. The van der Waals surface area contributed by atoms with Gasteiger partial charge in [0.2, 0.25) is 5.88 Å². The molecule has 0 saturated carbocycles. The predicted octanol–water partition coefficient (Wildman–Crippen LogP) is 2.42. The molecule has 2 fully saturated rings. The van der Waals surface area contributed by atoms with Crippen molar-refractivity contribution >= 4 is 12.0 Å². The maximum atomic E-state index is 13.0. The molecule has 7 heteroatoms. The van der Waals surface area contributed by atoms with Crippen molar-refractivity contribution < 1.29 is 19.1 Å². The fourth-order valence-corrected chi connectivity index (χ4v) is 3.71. The first-order valence-corrected chi connectivity index (χ1v) is 8.84. The van der Waals surface area contributed by atoms with Crippen LogP contribution in [0.5, 0.6) is 5.88 Å². The lowest BCUT2D eigenvalue weighted by atomic mass is 10.0. The van der Waals surface area contributed by atoms with Crippen molar-refractivity contribution in [3.05, 3.63) is 48.2 Å². The number of rotatable bonds is 3. The second-order valence-corrected chi connectivity index (χ2v) is 7.05. The van der Waals surface area contributed by atoms with E-state index in [1.165, 1.54) is 0 Å². The lowest BCUT2D eigenvalue weighted by Gasteiger charge is -2.22. The van der Waals surface area contributed by atoms with Gasteiger partial charge in [0.1, 0.15) is 0 Å². The molecule has 0 radical (unpaired) electrons. The van der Waals surface area contributed by atoms with Crippen LogP contribution in [-0.4, -0.2) is 66.2 Å². The van der Waals surface area contributed by atoms with Crippen LogP contribution in [0.4, 0.5) is 4.79 Å². The number of pyridine rings is 1. The molecule has 140 valence electrons. The van der Waals surface area contributed by atoms with Gasteiger partial charge in [-0.1, -0.05) is 12.1 Å². The van der Waals surface area contributed by atoms with Gasteiger partial charge < -0.3 is 19.3 Å². The van der Waals surface area contributed by atoms with E-state index in [1.54, 1.807) is 42.3 Å². The van der Waals surface area contributed by atoms with Crippen molar-refractivity contribution in [3.8, 4) is 17.0 Å². The number of carbonyl (C=O) groups excluding carboxylic acids is 2. The zero-order chi connectivity index (χ0) is 19.0. The lowest BCUT2D eigenvalue weighted by Crippen LogP contribution is -2.39. The van der Waals surface area contributed by atoms with Crippen LogP contribution in [0.2, 0.25) is 0 Å². The van der Waals surface area contributed by atoms with Gasteiger partial charge in [-0.3, -0.25) is 4.79 Å². The normalized spacial score (nSPS) is 21.6. The maximum Gasteiger partial charge on any atom is 0.410 e. The summed E-state index contributed by atoms with van der Waals surface area (Å²) in [5, 5.41) is 0. The van der Waals surface area contributed by atoms with Gasteiger partial charge in [-0.2, -0.15) is 0 Å². The standard InChI is InChI=1S/C20H21N3O4/c1-22-12-20(27-19(22)25)8-9-23(13-20)18(24)15-5-3-4-14(10-15)16-6-7-17(26-2)21-11-16/h3-7,10-11H,8-9,12-13H2,1-2H3. The summed E-state index contributed by atoms with van der Waals surface area (Å²) in [7, 11) is 3.29. The van der Waals surface area contributed by atoms with E-state index in [0.29, 0.717) is 37.5 Å². The number of aromatic nitrogens is 1. The topological polar surface area (TPSA) is 72.0 Å². The number of carbonyl (C=O) groups is 2. The molecule has 2 aliphatic heterocycles. The van der Waals surface area contributed by atoms with Crippen molar-refractivity contribution in [2.24, 2.45) is 0 Å². The molecule has 2 aromatic rings. The van der Waals surface area contributed by atoms with E-state index in [-0.39, 0.29) is 12.0 Å². The largest absolute Gasteiger partial charge is 0.481 e. The number of likely N-dealkylation sites (N-methyl/N-ethyl adjacent to an activating group) is 1. The molecular formula is C20H21N3O4. The number of nitrogens with zero attached hydrogens (tertiary/aromatic N) is 3. The number of hydrogen-bond acceptors (Lipinski definition) is 5. The summed E-state index contributed by atoms with van der Waals surface area (Å²) in [6.45, 7) is 1.53. The quantitative estimate of drug-likeness (QED) is 0.833. The summed E-state index contributed by atoms with van der Waals surface area (Å²) < 4.78 is 10.6. The van der Waals surface area contributed by atoms with Gasteiger partial charge in [0, 0.05) is 43.4 Å². The number of benzene rings is 1. The number of ether oxygens (including phenoxy) is 2. The Kier molecular flexibility index (Phi) is 4.22. The Morgan fingerprint density at radius 1 is 1.22 bits per heavy atom. The van der Waals surface area contributed by atoms with Gasteiger partial charge in [-0.05, 0) is 23.8 Å². The van der Waals surface area contributed by atoms with Gasteiger partial charge >= 0.3 is 6.09 Å². The first-order valence-electron chi connectivity index (χ1n) is 8.84. The second-order valence-electron chi connectivity index (χ2n) is 7.05. The highest BCUT2D eigenvalue weighted by atomic mass is 16.6. The molecule has 1 atom stereocenters. The Morgan fingerprint density at radius 3 is 2.74 bits per heavy atom. The summed E-state index contributed by atoms with van der Waals surface area (Å²) in [4.78, 5) is 32.2. The fraction of sp³-hybridized carbons (Fsp3) is 0.350. The van der Waals surface area contributed by atoms with Crippen molar-refractivity contribution in [2.45, 2.75) is 12.0 Å². The molecule has 2 aliphatic rings. The van der Waals surface area contributed by atoms with Crippen LogP contribution < -0.4 is 4.74 Å². The van der Waals surface area contributed by atoms with Crippen LogP contribution in [0.15, 0.2) is 42.6 Å². The monoisotopic (exact) mass is 367 g/mol. The zero-order valence-electron chi connectivity index (χ0n) is 15.3. The minimum Gasteiger partial charge on any atom is -0.481 e. The van der Waals surface area contributed by atoms with Gasteiger partial charge in [-0.25, -0.2) is 9.78 Å². The molecule has 1 spiro atoms. The molecule has 1 aromatic heterocycles. The predicted molar refractivity (Wildman–Crippen MR) is 98.6 cm³/mol. The van der Waals surface area contributed by atoms with Gasteiger partial charge in [0.25, 0.3) is 5.91 Å². The van der Waals surface area contributed by atoms with E-state index < -0.39 is 5.60 Å². The number of methoxy groups -OCH3 is 1. The third-order valence-electron chi connectivity index (χ3n) is 5.13. The highest BCUT2D eigenvalue weighted by Gasteiger charge is 2.49. The molecule has 2 amide bonds. The van der Waals surface area contributed by atoms with E-state index in [4.69, 9.17) is 9.47 Å². The smallest absolute Gasteiger partial charge is 0.410 e. The van der Waals surface area contributed by atoms with Gasteiger partial charge in [-0.15, -0.1) is 0 Å². The lowest BCUT2D eigenvalue weighted by molar-refractivity contribution is 0.0553. The first-order chi connectivity index (χ1) is 13.0. The molecule has 3 heterocycles. The molecule has 0 aliphatic carbocycles. The van der Waals surface area contributed by atoms with E-state index in [1.807, 2.05) is 24.3 Å². The van der Waals surface area contributed by atoms with Crippen molar-refractivity contribution in [3.63, 3.8) is 0 Å². The molecule has 0 N–H and O–H groups in total. The van der Waals surface area contributed by atoms with Crippen molar-refractivity contribution in [2.75, 3.05) is 33.8 Å². The van der Waals surface area contributed by atoms with Crippen molar-refractivity contribution in [1.29, 1.82) is 0 Å². The van der Waals surface area contributed by atoms with E-state index >= 15 is 0 Å². The Morgan fingerprint density at radius 2 is 2.07 bits per heavy atom. The van der Waals surface area contributed by atoms with Crippen molar-refractivity contribution in [1.82, 2.24) is 14.8 Å². The zero-order valence-corrected chi connectivity index (χ0v) is 15.3. The second kappa shape index (κ2) is 6.57. The van der Waals surface area contributed by atoms with E-state index in [9.17, 15) is 9.59 Å². The summed E-state index contributed by atoms with van der Waals surface area (Å²) >= 11 is 0. The molecular weight excluding hydrogens is 346 g/mol. The molecule has 1 aromatic carbocycles. The average Bonchev–Trinajstić information content (AvgIpc) is 3.23. The van der Waals surface area contributed by atoms with Crippen LogP contribution in [-0.2, 0) is 4.74 Å². The fourth-order valence-electron chi connectivity index (χ4n) is 3.71. The summed E-state index contributed by atoms with van der Waals surface area (Å²) in [5.41, 5.74) is 1.86. The van der Waals surface area contributed by atoms with E-state index in [0.717, 1.165) is 11.1 Å². The highest BCUT2D eigenvalue weighted by molar-refractivity contribution is 5.95. The Labute approximate surface area is 157 Å². The molecule has 1 unspecified atom stereocenters. The Bertz CT molecular complexity index is 883. The molecule has 7 nitrogen and oxygen atoms in total. The Hall–Kier alpha value is -3.09. The first kappa shape index (κ1) is 17.3. The van der Waals surface area contributed by atoms with Crippen LogP contribution in [0, 0.1) is 0 Å². The van der Waals surface area contributed by atoms with Gasteiger partial charge in [0.05, 0.1) is 20.2 Å². The van der Waals surface area contributed by atoms with Gasteiger partial charge in [0.15, 0.2) is 5.60 Å². The SMILES string of the molecule is COc1ccc(-c2cccc(C(=O)N3CCC4(CN(C)C(=O)O4)C3)c2)cn1. The molecule has 27 heavy (non-hydrogen) atoms. The Balaban J connectivity index is 1.52. The summed E-state index contributed by atoms with van der Waals surface area (Å²) in [6, 6.07) is 11.2. The third-order valence-corrected chi connectivity index (χ3v) is 5.13. The number of amides is 2. The molecule has 4 rings (SSSR count). The minimum absolute atomic E-state index is 0.0548. The highest BCUT2D eigenvalue weighted by Crippen LogP contribution is 2.32. The molecule has 2 saturated heterocycles. The third kappa shape index (κ3) is 3.20. The van der Waals surface area contributed by atoms with Crippen LogP contribution in [0.1, 0.15) is 16.8 Å².